The third kappa shape index (κ3) is 23.2. The van der Waals surface area contributed by atoms with Crippen LogP contribution >= 0.6 is 15.9 Å². The van der Waals surface area contributed by atoms with E-state index in [2.05, 4.69) is 79.1 Å². The van der Waals surface area contributed by atoms with E-state index < -0.39 is 20.3 Å². The molecule has 3 N–H and O–H groups in total. The molecule has 0 aromatic heterocycles. The van der Waals surface area contributed by atoms with Gasteiger partial charge in [0.1, 0.15) is 5.76 Å². The molecular formula is C51H74BrK2O11PdSi-. The SMILES string of the molecule is C.C=C(O[Si](C)(C)C)C(=O)c1cc2c(cc1Br)CC(C1CCC(CCC)CC1)C2.CC(=O)O.CC(=O)O.CCCC1CCC(C2Cc3cc4c(cc3C2)C(=O)C(=O)C4)CC1.O=[C-]OO.[K].[K].[Pd]. The molecule has 5 aliphatic rings. The Hall–Kier alpha value is -0.00805. The number of hydrogen-bond donors (Lipinski definition) is 3. The summed E-state index contributed by atoms with van der Waals surface area (Å²) in [5.41, 5.74) is 7.90. The van der Waals surface area contributed by atoms with Crippen LogP contribution in [0.2, 0.25) is 19.6 Å². The first-order valence-electron chi connectivity index (χ1n) is 22.7. The number of fused-ring (bicyclic) bond motifs is 3. The quantitative estimate of drug-likeness (QED) is 0.0285. The Kier molecular flexibility index (Phi) is 35.5. The van der Waals surface area contributed by atoms with Gasteiger partial charge in [0, 0.05) is 159 Å². The summed E-state index contributed by atoms with van der Waals surface area (Å²) in [5.74, 6) is 3.20. The van der Waals surface area contributed by atoms with E-state index in [1.807, 2.05) is 6.07 Å². The largest absolute Gasteiger partial charge is 0.542 e. The van der Waals surface area contributed by atoms with Crippen LogP contribution in [0.1, 0.15) is 161 Å². The summed E-state index contributed by atoms with van der Waals surface area (Å²) >= 11 is 3.63. The minimum atomic E-state index is -1.83. The molecular weight excluding hydrogens is 1080 g/mol. The third-order valence-corrected chi connectivity index (χ3v) is 14.5. The van der Waals surface area contributed by atoms with Crippen LogP contribution in [0.4, 0.5) is 0 Å². The van der Waals surface area contributed by atoms with E-state index in [-0.39, 0.29) is 154 Å². The molecule has 2 atom stereocenters. The molecule has 2 fully saturated rings. The van der Waals surface area contributed by atoms with Gasteiger partial charge in [-0.1, -0.05) is 101 Å². The zero-order valence-electron chi connectivity index (χ0n) is 40.8. The monoisotopic (exact) mass is 1150 g/mol. The summed E-state index contributed by atoms with van der Waals surface area (Å²) in [4.78, 5) is 65.7. The number of carbonyl (C=O) groups is 5. The van der Waals surface area contributed by atoms with Crippen LogP contribution in [-0.4, -0.2) is 162 Å². The van der Waals surface area contributed by atoms with Crippen LogP contribution in [0.25, 0.3) is 0 Å². The molecule has 0 spiro atoms. The standard InChI is InChI=1S/C24H35BrO2Si.C21H26O2.2C2H4O2.CHO3.CH4.2K.Pd/c1-6-7-17-8-10-18(11-9-17)19-12-20-14-22(23(25)15-21(20)13-19)24(26)16(2)27-28(3,4)5;1-2-3-13-4-6-14(7-5-13)15-8-16-10-18-12-20(22)21(23)19(18)11-17(16)9-15;2*1-2(3)4;2-1-4-3;;;;/h14-15,17-19H,2,6-13H2,1,3-5H3;10-11,13-15H,2-9,12H2,1H3;2*1H3,(H,3,4);3H;1H4;;;/q;;;;-1;;;;. The van der Waals surface area contributed by atoms with Crippen molar-refractivity contribution in [2.75, 3.05) is 0 Å². The smallest absolute Gasteiger partial charge is 0.300 e. The van der Waals surface area contributed by atoms with E-state index in [0.29, 0.717) is 17.5 Å². The topological polar surface area (TPSA) is 182 Å². The van der Waals surface area contributed by atoms with Crippen molar-refractivity contribution < 1.29 is 74.0 Å². The number of rotatable bonds is 11. The average Bonchev–Trinajstić information content (AvgIpc) is 3.90. The fraction of sp³-hybridized carbons (Fsp3) is 0.608. The van der Waals surface area contributed by atoms with Gasteiger partial charge in [0.25, 0.3) is 11.9 Å². The van der Waals surface area contributed by atoms with Crippen molar-refractivity contribution in [2.24, 2.45) is 35.5 Å². The summed E-state index contributed by atoms with van der Waals surface area (Å²) in [6.45, 7) is 17.6. The molecule has 2 saturated carbocycles. The fourth-order valence-electron chi connectivity index (χ4n) is 10.3. The normalized spacial score (nSPS) is 21.6. The summed E-state index contributed by atoms with van der Waals surface area (Å²) < 4.78 is 6.73. The van der Waals surface area contributed by atoms with Crippen LogP contribution in [0.15, 0.2) is 41.1 Å². The van der Waals surface area contributed by atoms with Gasteiger partial charge in [0.15, 0.2) is 0 Å². The van der Waals surface area contributed by atoms with Crippen molar-refractivity contribution in [3.8, 4) is 0 Å². The van der Waals surface area contributed by atoms with E-state index in [0.717, 1.165) is 91.5 Å². The molecule has 0 saturated heterocycles. The van der Waals surface area contributed by atoms with Gasteiger partial charge < -0.3 is 24.3 Å². The fourth-order valence-corrected chi connectivity index (χ4v) is 11.7. The average molecular weight is 1160 g/mol. The van der Waals surface area contributed by atoms with Crippen LogP contribution in [0, 0.1) is 35.5 Å². The molecule has 5 aliphatic carbocycles. The zero-order chi connectivity index (χ0) is 47.0. The molecule has 2 aromatic carbocycles. The molecule has 0 heterocycles. The van der Waals surface area contributed by atoms with Gasteiger partial charge in [-0.2, -0.15) is 0 Å². The van der Waals surface area contributed by atoms with Gasteiger partial charge in [-0.25, -0.2) is 5.26 Å². The number of halogens is 1. The van der Waals surface area contributed by atoms with Crippen LogP contribution < -0.4 is 0 Å². The molecule has 0 amide bonds. The first kappa shape index (κ1) is 69.1. The molecule has 2 aromatic rings. The summed E-state index contributed by atoms with van der Waals surface area (Å²) in [6, 6.07) is 8.48. The van der Waals surface area contributed by atoms with E-state index in [1.165, 1.54) is 99.3 Å². The van der Waals surface area contributed by atoms with E-state index in [9.17, 15) is 14.4 Å². The van der Waals surface area contributed by atoms with E-state index in [4.69, 9.17) is 34.3 Å². The number of ketones is 3. The number of Topliss-reactive ketones (excluding diaryl/α,β-unsaturated/α-hetero) is 3. The molecule has 0 aliphatic heterocycles. The Bertz CT molecular complexity index is 1920. The maximum atomic E-state index is 12.9. The van der Waals surface area contributed by atoms with Gasteiger partial charge in [-0.15, -0.1) is 0 Å². The second-order valence-electron chi connectivity index (χ2n) is 19.0. The van der Waals surface area contributed by atoms with Crippen molar-refractivity contribution in [1.29, 1.82) is 0 Å². The van der Waals surface area contributed by atoms with E-state index in [1.54, 1.807) is 0 Å². The minimum absolute atomic E-state index is 0. The molecule has 67 heavy (non-hydrogen) atoms. The van der Waals surface area contributed by atoms with Crippen molar-refractivity contribution >= 4 is 163 Å². The van der Waals surface area contributed by atoms with Gasteiger partial charge in [-0.3, -0.25) is 24.0 Å². The van der Waals surface area contributed by atoms with E-state index >= 15 is 0 Å². The number of carbonyl (C=O) groups excluding carboxylic acids is 4. The third-order valence-electron chi connectivity index (χ3n) is 13.0. The first-order valence-corrected chi connectivity index (χ1v) is 26.9. The first-order chi connectivity index (χ1) is 29.7. The van der Waals surface area contributed by atoms with Crippen LogP contribution in [-0.2, 0) is 81.0 Å². The maximum Gasteiger partial charge on any atom is 0.300 e. The number of aliphatic carboxylic acids is 2. The number of carboxylic acid groups (broad SMARTS) is 2. The number of hydrogen-bond acceptors (Lipinski definition) is 9. The van der Waals surface area contributed by atoms with Crippen molar-refractivity contribution in [3.05, 3.63) is 80.0 Å². The molecule has 368 valence electrons. The summed E-state index contributed by atoms with van der Waals surface area (Å²) in [5, 5.41) is 21.8. The second kappa shape index (κ2) is 34.4. The summed E-state index contributed by atoms with van der Waals surface area (Å²) in [6.07, 6.45) is 21.5. The molecule has 2 unspecified atom stereocenters. The predicted octanol–water partition coefficient (Wildman–Crippen LogP) is 11.2. The molecule has 0 bridgehead atoms. The van der Waals surface area contributed by atoms with Gasteiger partial charge in [-0.05, 0) is 159 Å². The van der Waals surface area contributed by atoms with Crippen LogP contribution in [0.5, 0.6) is 0 Å². The zero-order valence-corrected chi connectivity index (χ0v) is 51.2. The predicted molar refractivity (Wildman–Crippen MR) is 268 cm³/mol. The molecule has 16 heteroatoms. The number of carboxylic acids is 2. The Balaban J connectivity index is 0. The van der Waals surface area contributed by atoms with Crippen LogP contribution in [0.3, 0.4) is 0 Å². The Morgan fingerprint density at radius 2 is 1.09 bits per heavy atom. The van der Waals surface area contributed by atoms with Gasteiger partial charge in [0.05, 0.1) is 0 Å². The maximum absolute atomic E-state index is 12.9. The molecule has 7 rings (SSSR count). The Labute approximate surface area is 509 Å². The minimum Gasteiger partial charge on any atom is -0.542 e. The molecule has 11 nitrogen and oxygen atoms in total. The number of benzene rings is 2. The number of allylic oxidation sites excluding steroid dienone is 1. The van der Waals surface area contributed by atoms with Crippen molar-refractivity contribution in [1.82, 2.24) is 0 Å². The van der Waals surface area contributed by atoms with Crippen molar-refractivity contribution in [2.45, 2.75) is 164 Å². The van der Waals surface area contributed by atoms with Crippen molar-refractivity contribution in [3.63, 3.8) is 0 Å². The summed E-state index contributed by atoms with van der Waals surface area (Å²) in [7, 11) is -1.83. The second-order valence-corrected chi connectivity index (χ2v) is 24.2. The Morgan fingerprint density at radius 1 is 0.716 bits per heavy atom. The van der Waals surface area contributed by atoms with Gasteiger partial charge >= 0.3 is 0 Å². The van der Waals surface area contributed by atoms with Gasteiger partial charge in [0.2, 0.25) is 25.7 Å². The molecule has 2 radical (unpaired) electrons. The Morgan fingerprint density at radius 3 is 1.46 bits per heavy atom.